The second-order valence-electron chi connectivity index (χ2n) is 3.33. The van der Waals surface area contributed by atoms with Crippen LogP contribution in [-0.4, -0.2) is 31.3 Å². The van der Waals surface area contributed by atoms with Crippen molar-refractivity contribution in [3.63, 3.8) is 0 Å². The number of fused-ring (bicyclic) bond motifs is 1. The maximum Gasteiger partial charge on any atom is 0.408 e. The smallest absolute Gasteiger partial charge is 0.408 e. The van der Waals surface area contributed by atoms with Crippen molar-refractivity contribution < 1.29 is 19.1 Å². The summed E-state index contributed by atoms with van der Waals surface area (Å²) in [6.07, 6.45) is 3.41. The van der Waals surface area contributed by atoms with Gasteiger partial charge in [0.05, 0.1) is 19.1 Å². The topological polar surface area (TPSA) is 64.6 Å². The third-order valence-corrected chi connectivity index (χ3v) is 2.53. The second kappa shape index (κ2) is 3.32. The van der Waals surface area contributed by atoms with Crippen LogP contribution in [0, 0.1) is 5.92 Å². The molecular formula is C9H11NO4. The summed E-state index contributed by atoms with van der Waals surface area (Å²) in [6, 6.07) is -0.278. The van der Waals surface area contributed by atoms with E-state index in [1.807, 2.05) is 6.08 Å². The summed E-state index contributed by atoms with van der Waals surface area (Å²) >= 11 is 0. The molecule has 3 unspecified atom stereocenters. The van der Waals surface area contributed by atoms with Gasteiger partial charge < -0.3 is 14.8 Å². The third-order valence-electron chi connectivity index (χ3n) is 2.53. The Labute approximate surface area is 81.1 Å². The first-order valence-electron chi connectivity index (χ1n) is 4.44. The van der Waals surface area contributed by atoms with Crippen LogP contribution in [0.25, 0.3) is 0 Å². The minimum atomic E-state index is -0.472. The summed E-state index contributed by atoms with van der Waals surface area (Å²) in [7, 11) is 1.34. The van der Waals surface area contributed by atoms with Crippen LogP contribution >= 0.6 is 0 Å². The molecule has 5 nitrogen and oxygen atoms in total. The molecule has 1 N–H and O–H groups in total. The molecule has 0 aromatic rings. The summed E-state index contributed by atoms with van der Waals surface area (Å²) in [5.41, 5.74) is 0. The SMILES string of the molecule is COC(=O)C1CC=CC2OC(=O)NC21. The van der Waals surface area contributed by atoms with Crippen LogP contribution in [-0.2, 0) is 14.3 Å². The molecule has 2 rings (SSSR count). The molecule has 5 heteroatoms. The zero-order valence-electron chi connectivity index (χ0n) is 7.73. The molecule has 1 aliphatic carbocycles. The largest absolute Gasteiger partial charge is 0.469 e. The fraction of sp³-hybridized carbons (Fsp3) is 0.556. The predicted octanol–water partition coefficient (Wildman–Crippen LogP) is 0.212. The maximum absolute atomic E-state index is 11.4. The monoisotopic (exact) mass is 197 g/mol. The van der Waals surface area contributed by atoms with Gasteiger partial charge in [0, 0.05) is 0 Å². The van der Waals surface area contributed by atoms with Crippen LogP contribution in [0.3, 0.4) is 0 Å². The Bertz CT molecular complexity index is 299. The van der Waals surface area contributed by atoms with Crippen molar-refractivity contribution in [1.82, 2.24) is 5.32 Å². The molecule has 1 heterocycles. The van der Waals surface area contributed by atoms with Crippen LogP contribution in [0.5, 0.6) is 0 Å². The fourth-order valence-electron chi connectivity index (χ4n) is 1.84. The zero-order valence-corrected chi connectivity index (χ0v) is 7.73. The number of esters is 1. The van der Waals surface area contributed by atoms with Gasteiger partial charge in [0.2, 0.25) is 0 Å². The Morgan fingerprint density at radius 3 is 3.21 bits per heavy atom. The standard InChI is InChI=1S/C9H11NO4/c1-13-8(11)5-3-2-4-6-7(5)10-9(12)14-6/h2,4-7H,3H2,1H3,(H,10,12). The molecule has 1 fully saturated rings. The number of rotatable bonds is 1. The average Bonchev–Trinajstić information content (AvgIpc) is 2.56. The highest BCUT2D eigenvalue weighted by Crippen LogP contribution is 2.26. The van der Waals surface area contributed by atoms with Gasteiger partial charge in [-0.2, -0.15) is 0 Å². The lowest BCUT2D eigenvalue weighted by molar-refractivity contribution is -0.146. The molecule has 3 atom stereocenters. The van der Waals surface area contributed by atoms with Gasteiger partial charge in [-0.25, -0.2) is 4.79 Å². The molecular weight excluding hydrogens is 186 g/mol. The van der Waals surface area contributed by atoms with E-state index in [9.17, 15) is 9.59 Å². The van der Waals surface area contributed by atoms with Crippen LogP contribution in [0.15, 0.2) is 12.2 Å². The van der Waals surface area contributed by atoms with Gasteiger partial charge in [0.1, 0.15) is 6.10 Å². The second-order valence-corrected chi connectivity index (χ2v) is 3.33. The molecule has 0 saturated carbocycles. The number of hydrogen-bond acceptors (Lipinski definition) is 4. The highest BCUT2D eigenvalue weighted by Gasteiger charge is 2.43. The van der Waals surface area contributed by atoms with E-state index in [2.05, 4.69) is 10.1 Å². The molecule has 14 heavy (non-hydrogen) atoms. The van der Waals surface area contributed by atoms with Gasteiger partial charge >= 0.3 is 12.1 Å². The molecule has 1 amide bonds. The van der Waals surface area contributed by atoms with E-state index in [0.29, 0.717) is 6.42 Å². The lowest BCUT2D eigenvalue weighted by Gasteiger charge is -2.24. The minimum absolute atomic E-state index is 0.278. The molecule has 0 aromatic heterocycles. The third kappa shape index (κ3) is 1.34. The number of allylic oxidation sites excluding steroid dienone is 1. The number of carbonyl (C=O) groups excluding carboxylic acids is 2. The lowest BCUT2D eigenvalue weighted by Crippen LogP contribution is -2.43. The summed E-state index contributed by atoms with van der Waals surface area (Å²) in [5.74, 6) is -0.642. The Morgan fingerprint density at radius 1 is 1.71 bits per heavy atom. The molecule has 0 spiro atoms. The number of carbonyl (C=O) groups is 2. The number of hydrogen-bond donors (Lipinski definition) is 1. The predicted molar refractivity (Wildman–Crippen MR) is 46.5 cm³/mol. The Balaban J connectivity index is 2.17. The summed E-state index contributed by atoms with van der Waals surface area (Å²) in [4.78, 5) is 22.3. The lowest BCUT2D eigenvalue weighted by atomic mass is 9.88. The van der Waals surface area contributed by atoms with Gasteiger partial charge in [-0.15, -0.1) is 0 Å². The van der Waals surface area contributed by atoms with Crippen molar-refractivity contribution in [2.24, 2.45) is 5.92 Å². The first-order chi connectivity index (χ1) is 6.72. The van der Waals surface area contributed by atoms with Crippen LogP contribution in [0.1, 0.15) is 6.42 Å². The van der Waals surface area contributed by atoms with Crippen molar-refractivity contribution in [2.45, 2.75) is 18.6 Å². The number of alkyl carbamates (subject to hydrolysis) is 1. The first-order valence-corrected chi connectivity index (χ1v) is 4.44. The number of amides is 1. The summed E-state index contributed by atoms with van der Waals surface area (Å²) in [6.45, 7) is 0. The van der Waals surface area contributed by atoms with Crippen molar-refractivity contribution in [3.05, 3.63) is 12.2 Å². The van der Waals surface area contributed by atoms with Crippen molar-refractivity contribution in [2.75, 3.05) is 7.11 Å². The highest BCUT2D eigenvalue weighted by atomic mass is 16.6. The molecule has 76 valence electrons. The first kappa shape index (κ1) is 9.05. The summed E-state index contributed by atoms with van der Waals surface area (Å²) in [5, 5.41) is 2.61. The van der Waals surface area contributed by atoms with Gasteiger partial charge in [-0.3, -0.25) is 4.79 Å². The van der Waals surface area contributed by atoms with Crippen molar-refractivity contribution in [3.8, 4) is 0 Å². The van der Waals surface area contributed by atoms with Crippen molar-refractivity contribution in [1.29, 1.82) is 0 Å². The summed E-state index contributed by atoms with van der Waals surface area (Å²) < 4.78 is 9.60. The highest BCUT2D eigenvalue weighted by molar-refractivity contribution is 5.77. The van der Waals surface area contributed by atoms with E-state index >= 15 is 0 Å². The minimum Gasteiger partial charge on any atom is -0.469 e. The van der Waals surface area contributed by atoms with E-state index in [0.717, 1.165) is 0 Å². The van der Waals surface area contributed by atoms with Gasteiger partial charge in [-0.1, -0.05) is 6.08 Å². The molecule has 1 saturated heterocycles. The Hall–Kier alpha value is -1.52. The molecule has 0 bridgehead atoms. The number of methoxy groups -OCH3 is 1. The van der Waals surface area contributed by atoms with E-state index in [4.69, 9.17) is 4.74 Å². The molecule has 0 aromatic carbocycles. The van der Waals surface area contributed by atoms with E-state index in [1.165, 1.54) is 7.11 Å². The van der Waals surface area contributed by atoms with Crippen LogP contribution < -0.4 is 5.32 Å². The van der Waals surface area contributed by atoms with Crippen molar-refractivity contribution >= 4 is 12.1 Å². The number of ether oxygens (including phenoxy) is 2. The van der Waals surface area contributed by atoms with E-state index in [-0.39, 0.29) is 24.0 Å². The zero-order chi connectivity index (χ0) is 10.1. The average molecular weight is 197 g/mol. The fourth-order valence-corrected chi connectivity index (χ4v) is 1.84. The van der Waals surface area contributed by atoms with Gasteiger partial charge in [0.15, 0.2) is 0 Å². The Morgan fingerprint density at radius 2 is 2.50 bits per heavy atom. The normalized spacial score (nSPS) is 34.4. The van der Waals surface area contributed by atoms with Gasteiger partial charge in [-0.05, 0) is 12.5 Å². The van der Waals surface area contributed by atoms with Crippen LogP contribution in [0.4, 0.5) is 4.79 Å². The molecule has 1 aliphatic heterocycles. The van der Waals surface area contributed by atoms with Gasteiger partial charge in [0.25, 0.3) is 0 Å². The Kier molecular flexibility index (Phi) is 2.15. The van der Waals surface area contributed by atoms with E-state index in [1.54, 1.807) is 6.08 Å². The molecule has 0 radical (unpaired) electrons. The number of nitrogens with one attached hydrogen (secondary N) is 1. The molecule has 2 aliphatic rings. The quantitative estimate of drug-likeness (QED) is 0.482. The maximum atomic E-state index is 11.4. The van der Waals surface area contributed by atoms with Crippen LogP contribution in [0.2, 0.25) is 0 Å². The van der Waals surface area contributed by atoms with E-state index < -0.39 is 6.09 Å².